The topological polar surface area (TPSA) is 409 Å². The number of carbonyl (C=O) groups is 1. The number of hydrogen-bond donors (Lipinski definition) is 10. The van der Waals surface area contributed by atoms with Crippen molar-refractivity contribution in [1.82, 2.24) is 24.2 Å². The summed E-state index contributed by atoms with van der Waals surface area (Å²) in [6.07, 6.45) is 4.04. The highest BCUT2D eigenvalue weighted by Crippen LogP contribution is 2.66. The molecule has 82 heavy (non-hydrogen) atoms. The Kier molecular flexibility index (Phi) is 17.2. The van der Waals surface area contributed by atoms with Gasteiger partial charge in [0.1, 0.15) is 42.9 Å². The molecule has 1 amide bonds. The minimum absolute atomic E-state index is 0.0151. The smallest absolute Gasteiger partial charge is 0.455 e. The van der Waals surface area contributed by atoms with Gasteiger partial charge in [-0.2, -0.15) is 17.0 Å². The van der Waals surface area contributed by atoms with E-state index in [1.54, 1.807) is 0 Å². The molecule has 10 rings (SSSR count). The number of benzene rings is 3. The number of nitrogens with zero attached hydrogens (tertiary/aromatic N) is 3. The average molecular weight is 1240 g/mol. The van der Waals surface area contributed by atoms with Crippen molar-refractivity contribution in [3.05, 3.63) is 113 Å². The van der Waals surface area contributed by atoms with Crippen LogP contribution in [-0.2, 0) is 82.2 Å². The van der Waals surface area contributed by atoms with Crippen LogP contribution in [0.25, 0.3) is 11.6 Å². The number of H-pyrrole nitrogens is 1. The van der Waals surface area contributed by atoms with Crippen LogP contribution in [0.5, 0.6) is 11.5 Å². The summed E-state index contributed by atoms with van der Waals surface area (Å²) in [5, 5.41) is 25.7. The summed E-state index contributed by atoms with van der Waals surface area (Å²) in [7, 11) is -26.6. The Morgan fingerprint density at radius 1 is 0.841 bits per heavy atom. The lowest BCUT2D eigenvalue weighted by Crippen LogP contribution is -2.45. The quantitative estimate of drug-likeness (QED) is 0.0211. The number of unbranched alkanes of at least 4 members (excludes halogenated alkanes) is 2. The first-order valence-corrected chi connectivity index (χ1v) is 33.8. The Balaban J connectivity index is 0.790. The second-order valence-electron chi connectivity index (χ2n) is 20.6. The summed E-state index contributed by atoms with van der Waals surface area (Å²) in [6.45, 7) is 2.33. The molecule has 3 aromatic carbocycles. The van der Waals surface area contributed by atoms with E-state index in [0.717, 1.165) is 123 Å². The molecule has 0 aliphatic carbocycles. The number of aliphatic hydroxyl groups excluding tert-OH is 2. The molecule has 6 aliphatic heterocycles. The van der Waals surface area contributed by atoms with E-state index < -0.39 is 96.8 Å². The number of aromatic amines is 1. The molecule has 28 nitrogen and oxygen atoms in total. The maximum atomic E-state index is 14.6. The first-order valence-electron chi connectivity index (χ1n) is 26.3. The minimum Gasteiger partial charge on any atom is -0.455 e. The van der Waals surface area contributed by atoms with E-state index in [0.29, 0.717) is 34.5 Å². The lowest BCUT2D eigenvalue weighted by molar-refractivity contribution is -0.121. The Morgan fingerprint density at radius 3 is 2.30 bits per heavy atom. The highest BCUT2D eigenvalue weighted by Gasteiger charge is 2.47. The number of rotatable bonds is 21. The summed E-state index contributed by atoms with van der Waals surface area (Å²) >= 11 is 0. The van der Waals surface area contributed by atoms with Crippen LogP contribution in [0, 0.1) is 0 Å². The zero-order valence-electron chi connectivity index (χ0n) is 43.6. The largest absolute Gasteiger partial charge is 0.490 e. The van der Waals surface area contributed by atoms with Gasteiger partial charge in [-0.05, 0) is 81.2 Å². The molecule has 7 heterocycles. The fourth-order valence-electron chi connectivity index (χ4n) is 11.6. The van der Waals surface area contributed by atoms with Crippen molar-refractivity contribution in [3.8, 4) is 11.5 Å². The number of carbonyl (C=O) groups excluding carboxylic acids is 1. The third-order valence-electron chi connectivity index (χ3n) is 15.0. The summed E-state index contributed by atoms with van der Waals surface area (Å²) in [6, 6.07) is 7.87. The lowest BCUT2D eigenvalue weighted by atomic mass is 9.82. The molecule has 6 atom stereocenters. The number of phosphoric acid groups is 3. The number of aliphatic hydroxyl groups is 2. The Hall–Kier alpha value is -5.07. The predicted molar refractivity (Wildman–Crippen MR) is 289 cm³/mol. The van der Waals surface area contributed by atoms with Crippen LogP contribution in [0.1, 0.15) is 96.5 Å². The molecule has 2 unspecified atom stereocenters. The van der Waals surface area contributed by atoms with E-state index in [9.17, 15) is 69.5 Å². The zero-order valence-corrected chi connectivity index (χ0v) is 47.9. The van der Waals surface area contributed by atoms with E-state index in [1.165, 1.54) is 35.3 Å². The molecule has 0 spiro atoms. The van der Waals surface area contributed by atoms with Crippen molar-refractivity contribution in [2.75, 3.05) is 50.8 Å². The molecular weight excluding hydrogens is 1180 g/mol. The summed E-state index contributed by atoms with van der Waals surface area (Å²) < 4.78 is 130. The van der Waals surface area contributed by atoms with Crippen molar-refractivity contribution in [2.24, 2.45) is 0 Å². The molecule has 1 saturated heterocycles. The highest BCUT2D eigenvalue weighted by atomic mass is 32.2. The molecular formula is C49H60N6O22P3S2+. The predicted octanol–water partition coefficient (Wildman–Crippen LogP) is 0.849. The van der Waals surface area contributed by atoms with E-state index in [4.69, 9.17) is 19.3 Å². The monoisotopic (exact) mass is 1240 g/mol. The molecule has 4 aromatic rings. The molecule has 0 saturated carbocycles. The van der Waals surface area contributed by atoms with E-state index in [1.807, 2.05) is 4.98 Å². The first kappa shape index (κ1) is 60.1. The number of aromatic nitrogens is 2. The molecule has 10 N–H and O–H groups in total. The fourth-order valence-corrected chi connectivity index (χ4v) is 16.5. The summed E-state index contributed by atoms with van der Waals surface area (Å²) in [4.78, 5) is 78.3. The number of nitrogens with one attached hydrogen (secondary N) is 3. The van der Waals surface area contributed by atoms with Crippen molar-refractivity contribution in [2.45, 2.75) is 111 Å². The van der Waals surface area contributed by atoms with Crippen LogP contribution in [-0.4, -0.2) is 131 Å². The van der Waals surface area contributed by atoms with Crippen LogP contribution in [0.3, 0.4) is 0 Å². The van der Waals surface area contributed by atoms with Gasteiger partial charge in [0, 0.05) is 90.4 Å². The van der Waals surface area contributed by atoms with Crippen molar-refractivity contribution in [1.29, 1.82) is 0 Å². The van der Waals surface area contributed by atoms with Gasteiger partial charge in [0.2, 0.25) is 21.3 Å². The number of aryl methyl sites for hydroxylation is 2. The number of ether oxygens (including phenoxy) is 2. The number of phosphoric ester groups is 1. The maximum absolute atomic E-state index is 14.6. The number of anilines is 1. The van der Waals surface area contributed by atoms with Gasteiger partial charge >= 0.3 is 29.2 Å². The van der Waals surface area contributed by atoms with Crippen LogP contribution < -0.4 is 46.1 Å². The van der Waals surface area contributed by atoms with E-state index >= 15 is 0 Å². The van der Waals surface area contributed by atoms with Gasteiger partial charge in [-0.3, -0.25) is 28.2 Å². The average Bonchev–Trinajstić information content (AvgIpc) is 1.13. The Labute approximate surface area is 468 Å². The molecule has 1 fully saturated rings. The van der Waals surface area contributed by atoms with Gasteiger partial charge in [-0.25, -0.2) is 36.2 Å². The van der Waals surface area contributed by atoms with Gasteiger partial charge in [-0.15, -0.1) is 0 Å². The Morgan fingerprint density at radius 2 is 1.56 bits per heavy atom. The van der Waals surface area contributed by atoms with Crippen molar-refractivity contribution < 1.29 is 92.3 Å². The van der Waals surface area contributed by atoms with Crippen LogP contribution in [0.4, 0.5) is 5.69 Å². The molecule has 1 aromatic heterocycles. The molecule has 444 valence electrons. The van der Waals surface area contributed by atoms with Gasteiger partial charge in [0.05, 0.1) is 27.5 Å². The van der Waals surface area contributed by atoms with Crippen LogP contribution >= 0.6 is 23.5 Å². The first-order chi connectivity index (χ1) is 38.7. The number of fused-ring (bicyclic) bond motifs is 4. The van der Waals surface area contributed by atoms with Crippen molar-refractivity contribution >= 4 is 66.9 Å². The third kappa shape index (κ3) is 12.8. The highest BCUT2D eigenvalue weighted by molar-refractivity contribution is 7.89. The number of sulfonamides is 1. The number of amides is 1. The second-order valence-corrected chi connectivity index (χ2v) is 28.2. The minimum atomic E-state index is -5.87. The number of hydrogen-bond acceptors (Lipinski definition) is 18. The molecule has 0 radical (unpaired) electrons. The molecule has 6 aliphatic rings. The summed E-state index contributed by atoms with van der Waals surface area (Å²) in [5.41, 5.74) is 4.94. The second kappa shape index (κ2) is 23.4. The standard InChI is InChI=1S/C49H59N6O22P3S2/c56-39(50-17-4-9-30-26-55(49(60)52-47(30)59)48-44(58)43(57)37(74-48)27-73-79(64,65)77-80(66,67)76-78(61,62)63)14-2-1-3-18-51-81(68,69)38-25-31(82(70,71)72)15-16-32(38)40-35-23-28-10-5-19-53-21-7-12-33(41(28)53)45(35)75-46-34-13-8-22-54-20-6-11-29(42(34)54)24-36(40)46/h4,9,15-16,23-26,37,43-44,48,51,57-58H,1-3,5-8,10-14,17-22,27H2,(H6-,50,52,56,59,60,61,62,63,64,65,66,67,70,71,72)/p+1/b9-4+/t37-,43-,44-,48-/m1/s1. The Bertz CT molecular complexity index is 3940. The summed E-state index contributed by atoms with van der Waals surface area (Å²) in [5.74, 6) is 0.940. The molecule has 33 heteroatoms. The fraction of sp³-hybridized carbons (Fsp3) is 0.469. The van der Waals surface area contributed by atoms with Gasteiger partial charge in [-0.1, -0.05) is 24.6 Å². The maximum Gasteiger partial charge on any atom is 0.490 e. The lowest BCUT2D eigenvalue weighted by Gasteiger charge is -2.39. The van der Waals surface area contributed by atoms with Crippen molar-refractivity contribution in [3.63, 3.8) is 0 Å². The SMILES string of the molecule is O=C(CCCCCNS(=O)(=O)c1cc(S(=O)(=O)O)ccc1C1=c2cc3c4c(c2Oc2c1cc1c5c2CCCN5CCC1)CCC[N+]=4CCC3)NC/C=C/c1cn([C@@H]2O[C@H](COP(=O)(O)OP(=O)(O)OP(=O)(O)O)[C@@H](O)[C@H]2O)c(=O)[nH]c1=O. The van der Waals surface area contributed by atoms with Crippen LogP contribution in [0.15, 0.2) is 62.0 Å². The normalized spacial score (nSPS) is 21.9. The third-order valence-corrected chi connectivity index (χ3v) is 21.2. The van der Waals surface area contributed by atoms with Gasteiger partial charge < -0.3 is 49.5 Å². The van der Waals surface area contributed by atoms with Crippen LogP contribution in [0.2, 0.25) is 0 Å². The van der Waals surface area contributed by atoms with Gasteiger partial charge in [0.15, 0.2) is 6.23 Å². The molecule has 0 bridgehead atoms. The zero-order chi connectivity index (χ0) is 58.7. The van der Waals surface area contributed by atoms with Gasteiger partial charge in [0.25, 0.3) is 15.7 Å². The van der Waals surface area contributed by atoms with E-state index in [-0.39, 0.29) is 42.0 Å². The van der Waals surface area contributed by atoms with E-state index in [2.05, 4.69) is 44.8 Å².